The molecule has 158 valence electrons. The molecule has 2 aliphatic rings. The summed E-state index contributed by atoms with van der Waals surface area (Å²) in [6.07, 6.45) is -5.54. The van der Waals surface area contributed by atoms with E-state index in [1.54, 1.807) is 5.32 Å². The van der Waals surface area contributed by atoms with Gasteiger partial charge < -0.3 is 31.5 Å². The first-order chi connectivity index (χ1) is 13.2. The van der Waals surface area contributed by atoms with Crippen LogP contribution in [0.1, 0.15) is 32.1 Å². The van der Waals surface area contributed by atoms with Crippen LogP contribution in [0, 0.1) is 5.92 Å². The third kappa shape index (κ3) is 6.59. The largest absolute Gasteiger partial charge is 0.465 e. The van der Waals surface area contributed by atoms with E-state index in [1.165, 1.54) is 0 Å². The van der Waals surface area contributed by atoms with Gasteiger partial charge in [-0.3, -0.25) is 14.4 Å². The number of carbonyl (C=O) groups excluding carboxylic acids is 3. The molecule has 0 bridgehead atoms. The highest BCUT2D eigenvalue weighted by atomic mass is 19.3. The summed E-state index contributed by atoms with van der Waals surface area (Å²) >= 11 is 0. The molecule has 4 atom stereocenters. The standard InChI is InChI=1S/C16H24F2N4O6/c17-11(18)6-10(22-16(27)28)14(25)21-9(5-7-3-4-19-13(7)24)12(23)15(26)20-8-1-2-8/h7-12,22-23H,1-6H2,(H,19,24)(H,20,26)(H,21,25)(H,27,28)/t7-,9-,10-,12?/m0/s1. The number of aliphatic hydroxyl groups is 1. The van der Waals surface area contributed by atoms with Gasteiger partial charge in [-0.1, -0.05) is 0 Å². The molecule has 6 N–H and O–H groups in total. The van der Waals surface area contributed by atoms with Crippen LogP contribution in [-0.2, 0) is 14.4 Å². The minimum absolute atomic E-state index is 0.0615. The highest BCUT2D eigenvalue weighted by Crippen LogP contribution is 2.21. The Morgan fingerprint density at radius 2 is 1.82 bits per heavy atom. The zero-order chi connectivity index (χ0) is 20.8. The summed E-state index contributed by atoms with van der Waals surface area (Å²) in [6, 6.07) is -3.07. The predicted molar refractivity (Wildman–Crippen MR) is 90.4 cm³/mol. The Kier molecular flexibility index (Phi) is 7.49. The van der Waals surface area contributed by atoms with Crippen LogP contribution in [0.3, 0.4) is 0 Å². The van der Waals surface area contributed by atoms with Crippen LogP contribution in [0.15, 0.2) is 0 Å². The van der Waals surface area contributed by atoms with Gasteiger partial charge in [0.1, 0.15) is 6.04 Å². The molecule has 4 amide bonds. The van der Waals surface area contributed by atoms with E-state index in [2.05, 4.69) is 16.0 Å². The predicted octanol–water partition coefficient (Wildman–Crippen LogP) is -1.07. The summed E-state index contributed by atoms with van der Waals surface area (Å²) in [4.78, 5) is 47.1. The van der Waals surface area contributed by atoms with Gasteiger partial charge in [-0.25, -0.2) is 13.6 Å². The maximum absolute atomic E-state index is 12.7. The average molecular weight is 406 g/mol. The van der Waals surface area contributed by atoms with E-state index >= 15 is 0 Å². The summed E-state index contributed by atoms with van der Waals surface area (Å²) in [6.45, 7) is 0.406. The lowest BCUT2D eigenvalue weighted by Gasteiger charge is -2.27. The topological polar surface area (TPSA) is 157 Å². The van der Waals surface area contributed by atoms with Crippen molar-refractivity contribution >= 4 is 23.8 Å². The van der Waals surface area contributed by atoms with E-state index in [9.17, 15) is 33.1 Å². The number of carbonyl (C=O) groups is 4. The van der Waals surface area contributed by atoms with Gasteiger partial charge >= 0.3 is 6.09 Å². The van der Waals surface area contributed by atoms with Gasteiger partial charge in [0.25, 0.3) is 5.91 Å². The molecule has 2 rings (SSSR count). The second kappa shape index (κ2) is 9.62. The number of rotatable bonds is 10. The molecule has 0 spiro atoms. The van der Waals surface area contributed by atoms with Gasteiger partial charge in [-0.15, -0.1) is 0 Å². The molecule has 10 nitrogen and oxygen atoms in total. The Morgan fingerprint density at radius 1 is 1.14 bits per heavy atom. The van der Waals surface area contributed by atoms with E-state index in [4.69, 9.17) is 5.11 Å². The van der Waals surface area contributed by atoms with Crippen molar-refractivity contribution in [2.45, 2.75) is 62.8 Å². The smallest absolute Gasteiger partial charge is 0.405 e. The monoisotopic (exact) mass is 406 g/mol. The van der Waals surface area contributed by atoms with E-state index < -0.39 is 54.9 Å². The fraction of sp³-hybridized carbons (Fsp3) is 0.750. The van der Waals surface area contributed by atoms with Crippen molar-refractivity contribution < 1.29 is 38.2 Å². The maximum atomic E-state index is 12.7. The Hall–Kier alpha value is -2.50. The van der Waals surface area contributed by atoms with Crippen LogP contribution in [0.4, 0.5) is 13.6 Å². The summed E-state index contributed by atoms with van der Waals surface area (Å²) in [5, 5.41) is 28.2. The number of aliphatic hydroxyl groups excluding tert-OH is 1. The van der Waals surface area contributed by atoms with Crippen molar-refractivity contribution in [2.75, 3.05) is 6.54 Å². The number of amides is 4. The molecule has 1 unspecified atom stereocenters. The average Bonchev–Trinajstić information content (AvgIpc) is 3.32. The molecule has 0 aromatic carbocycles. The van der Waals surface area contributed by atoms with Gasteiger partial charge in [-0.2, -0.15) is 0 Å². The second-order valence-corrected chi connectivity index (χ2v) is 6.98. The number of hydrogen-bond donors (Lipinski definition) is 6. The van der Waals surface area contributed by atoms with Crippen molar-refractivity contribution in [3.05, 3.63) is 0 Å². The number of carboxylic acid groups (broad SMARTS) is 1. The molecule has 0 radical (unpaired) electrons. The number of nitrogens with one attached hydrogen (secondary N) is 4. The van der Waals surface area contributed by atoms with Crippen LogP contribution in [0.5, 0.6) is 0 Å². The van der Waals surface area contributed by atoms with Gasteiger partial charge in [0.15, 0.2) is 6.10 Å². The van der Waals surface area contributed by atoms with Crippen LogP contribution < -0.4 is 21.3 Å². The van der Waals surface area contributed by atoms with Crippen molar-refractivity contribution in [1.82, 2.24) is 21.3 Å². The molecule has 1 saturated carbocycles. The molecule has 2 fully saturated rings. The first-order valence-electron chi connectivity index (χ1n) is 9.01. The van der Waals surface area contributed by atoms with Crippen molar-refractivity contribution in [3.63, 3.8) is 0 Å². The third-order valence-electron chi connectivity index (χ3n) is 4.63. The van der Waals surface area contributed by atoms with E-state index in [1.807, 2.05) is 0 Å². The number of hydrogen-bond acceptors (Lipinski definition) is 5. The molecule has 0 aromatic heterocycles. The Balaban J connectivity index is 2.08. The lowest BCUT2D eigenvalue weighted by atomic mass is 9.94. The maximum Gasteiger partial charge on any atom is 0.405 e. The zero-order valence-electron chi connectivity index (χ0n) is 15.0. The summed E-state index contributed by atoms with van der Waals surface area (Å²) in [7, 11) is 0. The van der Waals surface area contributed by atoms with Gasteiger partial charge in [-0.05, 0) is 25.7 Å². The first-order valence-corrected chi connectivity index (χ1v) is 9.01. The zero-order valence-corrected chi connectivity index (χ0v) is 15.0. The van der Waals surface area contributed by atoms with Crippen LogP contribution in [0.25, 0.3) is 0 Å². The molecule has 1 heterocycles. The van der Waals surface area contributed by atoms with E-state index in [0.29, 0.717) is 13.0 Å². The molecule has 1 aliphatic carbocycles. The van der Waals surface area contributed by atoms with Gasteiger partial charge in [0, 0.05) is 24.9 Å². The molecular weight excluding hydrogens is 382 g/mol. The number of halogens is 2. The highest BCUT2D eigenvalue weighted by molar-refractivity contribution is 5.88. The lowest BCUT2D eigenvalue weighted by Crippen LogP contribution is -2.56. The molecule has 28 heavy (non-hydrogen) atoms. The molecule has 12 heteroatoms. The number of alkyl halides is 2. The fourth-order valence-electron chi connectivity index (χ4n) is 2.98. The molecule has 1 saturated heterocycles. The molecule has 0 aromatic rings. The van der Waals surface area contributed by atoms with E-state index in [0.717, 1.165) is 12.8 Å². The van der Waals surface area contributed by atoms with Gasteiger partial charge in [0.05, 0.1) is 6.04 Å². The van der Waals surface area contributed by atoms with Gasteiger partial charge in [0.2, 0.25) is 18.2 Å². The highest BCUT2D eigenvalue weighted by Gasteiger charge is 2.37. The van der Waals surface area contributed by atoms with E-state index in [-0.39, 0.29) is 18.4 Å². The Labute approximate surface area is 159 Å². The third-order valence-corrected chi connectivity index (χ3v) is 4.63. The summed E-state index contributed by atoms with van der Waals surface area (Å²) in [5.74, 6) is -2.73. The van der Waals surface area contributed by atoms with Crippen LogP contribution in [-0.4, -0.2) is 71.2 Å². The lowest BCUT2D eigenvalue weighted by molar-refractivity contribution is -0.134. The van der Waals surface area contributed by atoms with Crippen molar-refractivity contribution in [1.29, 1.82) is 0 Å². The minimum atomic E-state index is -2.95. The summed E-state index contributed by atoms with van der Waals surface area (Å²) < 4.78 is 25.3. The SMILES string of the molecule is O=C(O)N[C@@H](CC(F)F)C(=O)N[C@@H](C[C@@H]1CCNC1=O)C(O)C(=O)NC1CC1. The van der Waals surface area contributed by atoms with Crippen molar-refractivity contribution in [3.8, 4) is 0 Å². The second-order valence-electron chi connectivity index (χ2n) is 6.98. The fourth-order valence-corrected chi connectivity index (χ4v) is 2.98. The minimum Gasteiger partial charge on any atom is -0.465 e. The molecular formula is C16H24F2N4O6. The van der Waals surface area contributed by atoms with Crippen LogP contribution >= 0.6 is 0 Å². The quantitative estimate of drug-likeness (QED) is 0.271. The molecule has 1 aliphatic heterocycles. The first kappa shape index (κ1) is 21.8. The Bertz CT molecular complexity index is 616. The normalized spacial score (nSPS) is 22.1. The van der Waals surface area contributed by atoms with Crippen molar-refractivity contribution in [2.24, 2.45) is 5.92 Å². The summed E-state index contributed by atoms with van der Waals surface area (Å²) in [5.41, 5.74) is 0. The van der Waals surface area contributed by atoms with Crippen LogP contribution in [0.2, 0.25) is 0 Å². The Morgan fingerprint density at radius 3 is 2.32 bits per heavy atom.